The fourth-order valence-electron chi connectivity index (χ4n) is 2.21. The summed E-state index contributed by atoms with van der Waals surface area (Å²) in [4.78, 5) is 8.79. The van der Waals surface area contributed by atoms with Crippen molar-refractivity contribution in [1.82, 2.24) is 9.97 Å². The van der Waals surface area contributed by atoms with E-state index in [1.54, 1.807) is 18.3 Å². The Balaban J connectivity index is 1.68. The maximum absolute atomic E-state index is 6.00. The number of aromatic nitrogens is 2. The number of hydrogen-bond acceptors (Lipinski definition) is 5. The zero-order valence-corrected chi connectivity index (χ0v) is 13.0. The third-order valence-electron chi connectivity index (χ3n) is 3.37. The van der Waals surface area contributed by atoms with Crippen LogP contribution in [0.2, 0.25) is 10.0 Å². The summed E-state index contributed by atoms with van der Waals surface area (Å²) < 4.78 is 11.1. The van der Waals surface area contributed by atoms with E-state index in [2.05, 4.69) is 15.3 Å². The van der Waals surface area contributed by atoms with E-state index in [1.165, 1.54) is 0 Å². The highest BCUT2D eigenvalue weighted by Crippen LogP contribution is 2.26. The number of nitrogens with zero attached hydrogens (tertiary/aromatic N) is 2. The number of anilines is 1. The van der Waals surface area contributed by atoms with Crippen LogP contribution in [0, 0.1) is 0 Å². The van der Waals surface area contributed by atoms with Gasteiger partial charge in [0, 0.05) is 13.0 Å². The van der Waals surface area contributed by atoms with Gasteiger partial charge in [-0.1, -0.05) is 23.2 Å². The fraction of sp³-hybridized carbons (Fsp3) is 0.429. The molecule has 1 N–H and O–H groups in total. The van der Waals surface area contributed by atoms with Crippen molar-refractivity contribution in [2.24, 2.45) is 0 Å². The average Bonchev–Trinajstić information content (AvgIpc) is 2.87. The molecule has 0 saturated carbocycles. The number of ether oxygens (including phenoxy) is 2. The molecule has 21 heavy (non-hydrogen) atoms. The summed E-state index contributed by atoms with van der Waals surface area (Å²) in [6.45, 7) is 3.91. The molecule has 0 atom stereocenters. The number of nitrogens with one attached hydrogen (secondary N) is 1. The lowest BCUT2D eigenvalue weighted by Gasteiger charge is -2.22. The van der Waals surface area contributed by atoms with Gasteiger partial charge >= 0.3 is 0 Å². The Morgan fingerprint density at radius 1 is 1.19 bits per heavy atom. The van der Waals surface area contributed by atoms with Crippen LogP contribution in [0.5, 0.6) is 0 Å². The van der Waals surface area contributed by atoms with Crippen molar-refractivity contribution >= 4 is 40.1 Å². The van der Waals surface area contributed by atoms with Gasteiger partial charge in [-0.05, 0) is 19.1 Å². The topological polar surface area (TPSA) is 56.3 Å². The van der Waals surface area contributed by atoms with Crippen LogP contribution in [0.15, 0.2) is 18.3 Å². The van der Waals surface area contributed by atoms with Gasteiger partial charge in [0.2, 0.25) is 0 Å². The first kappa shape index (κ1) is 14.8. The quantitative estimate of drug-likeness (QED) is 0.931. The molecule has 0 spiro atoms. The van der Waals surface area contributed by atoms with Crippen LogP contribution in [0.1, 0.15) is 13.3 Å². The lowest BCUT2D eigenvalue weighted by molar-refractivity contribution is -0.144. The Hall–Kier alpha value is -1.14. The number of fused-ring (bicyclic) bond motifs is 1. The molecule has 2 heterocycles. The predicted octanol–water partition coefficient (Wildman–Crippen LogP) is 3.50. The molecule has 0 aliphatic carbocycles. The molecular formula is C14H15Cl2N3O2. The first-order chi connectivity index (χ1) is 10.1. The Morgan fingerprint density at radius 3 is 2.57 bits per heavy atom. The minimum atomic E-state index is -0.506. The van der Waals surface area contributed by atoms with Gasteiger partial charge in [0.1, 0.15) is 5.82 Å². The largest absolute Gasteiger partial charge is 0.369 e. The highest BCUT2D eigenvalue weighted by molar-refractivity contribution is 6.42. The van der Waals surface area contributed by atoms with Gasteiger partial charge in [-0.3, -0.25) is 4.98 Å². The molecule has 1 fully saturated rings. The van der Waals surface area contributed by atoms with Crippen molar-refractivity contribution in [3.8, 4) is 0 Å². The molecule has 5 nitrogen and oxygen atoms in total. The molecule has 1 saturated heterocycles. The number of hydrogen-bond donors (Lipinski definition) is 1. The molecule has 1 aromatic heterocycles. The van der Waals surface area contributed by atoms with Crippen molar-refractivity contribution in [1.29, 1.82) is 0 Å². The van der Waals surface area contributed by atoms with E-state index in [-0.39, 0.29) is 0 Å². The standard InChI is InChI=1S/C14H15Cl2N3O2/c1-14(20-4-5-21-14)2-3-17-13-8-18-11-6-9(15)10(16)7-12(11)19-13/h6-8H,2-5H2,1H3,(H,17,19). The second-order valence-corrected chi connectivity index (χ2v) is 5.83. The molecule has 2 aromatic rings. The maximum atomic E-state index is 6.00. The zero-order valence-electron chi connectivity index (χ0n) is 11.5. The highest BCUT2D eigenvalue weighted by atomic mass is 35.5. The van der Waals surface area contributed by atoms with Crippen molar-refractivity contribution in [2.75, 3.05) is 25.1 Å². The van der Waals surface area contributed by atoms with Crippen molar-refractivity contribution in [2.45, 2.75) is 19.1 Å². The summed E-state index contributed by atoms with van der Waals surface area (Å²) in [6.07, 6.45) is 2.40. The van der Waals surface area contributed by atoms with Crippen LogP contribution >= 0.6 is 23.2 Å². The Labute approximate surface area is 132 Å². The summed E-state index contributed by atoms with van der Waals surface area (Å²) in [5.74, 6) is 0.177. The Bertz CT molecular complexity index is 660. The van der Waals surface area contributed by atoms with Crippen molar-refractivity contribution < 1.29 is 9.47 Å². The van der Waals surface area contributed by atoms with E-state index in [0.717, 1.165) is 6.42 Å². The van der Waals surface area contributed by atoms with Gasteiger partial charge in [-0.15, -0.1) is 0 Å². The zero-order chi connectivity index (χ0) is 14.9. The molecule has 3 rings (SSSR count). The Kier molecular flexibility index (Phi) is 4.17. The Morgan fingerprint density at radius 2 is 1.86 bits per heavy atom. The minimum absolute atomic E-state index is 0.468. The second kappa shape index (κ2) is 5.93. The normalized spacial score (nSPS) is 17.3. The summed E-state index contributed by atoms with van der Waals surface area (Å²) in [5, 5.41) is 4.16. The van der Waals surface area contributed by atoms with E-state index in [1.807, 2.05) is 6.92 Å². The third kappa shape index (κ3) is 3.37. The van der Waals surface area contributed by atoms with Crippen molar-refractivity contribution in [3.63, 3.8) is 0 Å². The molecule has 0 radical (unpaired) electrons. The summed E-state index contributed by atoms with van der Waals surface area (Å²) in [6, 6.07) is 3.42. The van der Waals surface area contributed by atoms with Crippen molar-refractivity contribution in [3.05, 3.63) is 28.4 Å². The molecule has 1 aliphatic heterocycles. The first-order valence-corrected chi connectivity index (χ1v) is 7.45. The number of rotatable bonds is 4. The van der Waals surface area contributed by atoms with E-state index in [4.69, 9.17) is 32.7 Å². The van der Waals surface area contributed by atoms with E-state index >= 15 is 0 Å². The molecular weight excluding hydrogens is 313 g/mol. The second-order valence-electron chi connectivity index (χ2n) is 5.02. The summed E-state index contributed by atoms with van der Waals surface area (Å²) in [5.41, 5.74) is 1.42. The van der Waals surface area contributed by atoms with Crippen LogP contribution in [-0.4, -0.2) is 35.5 Å². The predicted molar refractivity (Wildman–Crippen MR) is 83.0 cm³/mol. The van der Waals surface area contributed by atoms with Crippen LogP contribution in [0.25, 0.3) is 11.0 Å². The fourth-order valence-corrected chi connectivity index (χ4v) is 2.53. The molecule has 0 unspecified atom stereocenters. The van der Waals surface area contributed by atoms with Gasteiger partial charge in [-0.25, -0.2) is 4.98 Å². The molecule has 7 heteroatoms. The van der Waals surface area contributed by atoms with E-state index in [9.17, 15) is 0 Å². The van der Waals surface area contributed by atoms with Crippen LogP contribution < -0.4 is 5.32 Å². The lowest BCUT2D eigenvalue weighted by Crippen LogP contribution is -2.28. The van der Waals surface area contributed by atoms with Crippen LogP contribution in [0.3, 0.4) is 0 Å². The first-order valence-electron chi connectivity index (χ1n) is 6.69. The van der Waals surface area contributed by atoms with E-state index < -0.39 is 5.79 Å². The van der Waals surface area contributed by atoms with Crippen LogP contribution in [-0.2, 0) is 9.47 Å². The van der Waals surface area contributed by atoms with Crippen LogP contribution in [0.4, 0.5) is 5.82 Å². The van der Waals surface area contributed by atoms with E-state index in [0.29, 0.717) is 46.7 Å². The summed E-state index contributed by atoms with van der Waals surface area (Å²) in [7, 11) is 0. The van der Waals surface area contributed by atoms with Gasteiger partial charge in [-0.2, -0.15) is 0 Å². The molecule has 112 valence electrons. The molecule has 0 amide bonds. The average molecular weight is 328 g/mol. The van der Waals surface area contributed by atoms with Gasteiger partial charge < -0.3 is 14.8 Å². The van der Waals surface area contributed by atoms with Gasteiger partial charge in [0.05, 0.1) is 40.5 Å². The molecule has 0 bridgehead atoms. The summed E-state index contributed by atoms with van der Waals surface area (Å²) >= 11 is 12.0. The molecule has 1 aliphatic rings. The molecule has 1 aromatic carbocycles. The monoisotopic (exact) mass is 327 g/mol. The smallest absolute Gasteiger partial charge is 0.167 e. The number of benzene rings is 1. The number of halogens is 2. The lowest BCUT2D eigenvalue weighted by atomic mass is 10.2. The maximum Gasteiger partial charge on any atom is 0.167 e. The third-order valence-corrected chi connectivity index (χ3v) is 4.09. The minimum Gasteiger partial charge on any atom is -0.369 e. The highest BCUT2D eigenvalue weighted by Gasteiger charge is 2.30. The van der Waals surface area contributed by atoms with Gasteiger partial charge in [0.25, 0.3) is 0 Å². The SMILES string of the molecule is CC1(CCNc2cnc3cc(Cl)c(Cl)cc3n2)OCCO1. The van der Waals surface area contributed by atoms with Gasteiger partial charge in [0.15, 0.2) is 5.79 Å².